The van der Waals surface area contributed by atoms with Crippen LogP contribution >= 0.6 is 0 Å². The molecule has 0 spiro atoms. The lowest BCUT2D eigenvalue weighted by Crippen LogP contribution is -2.54. The molecule has 0 aliphatic rings. The van der Waals surface area contributed by atoms with Crippen molar-refractivity contribution in [3.63, 3.8) is 0 Å². The number of nitrogens with one attached hydrogen (secondary N) is 1. The number of phenolic OH excluding ortho intramolecular Hbond substituents is 1. The number of benzene rings is 2. The normalized spacial score (nSPS) is 13.5. The van der Waals surface area contributed by atoms with E-state index >= 15 is 0 Å². The maximum absolute atomic E-state index is 13.4. The zero-order chi connectivity index (χ0) is 20.6. The number of halogens is 7. The van der Waals surface area contributed by atoms with E-state index in [1.54, 1.807) is 0 Å². The van der Waals surface area contributed by atoms with Crippen LogP contribution in [0.25, 0.3) is 0 Å². The summed E-state index contributed by atoms with van der Waals surface area (Å²) in [6.07, 6.45) is -10.5. The Kier molecular flexibility index (Phi) is 5.50. The molecule has 1 unspecified atom stereocenters. The van der Waals surface area contributed by atoms with E-state index in [9.17, 15) is 35.8 Å². The smallest absolute Gasteiger partial charge is 0.416 e. The van der Waals surface area contributed by atoms with Crippen LogP contribution in [0.5, 0.6) is 5.75 Å². The van der Waals surface area contributed by atoms with Gasteiger partial charge in [0, 0.05) is 12.1 Å². The number of phenols is 1. The molecule has 0 bridgehead atoms. The second-order valence-electron chi connectivity index (χ2n) is 5.85. The highest BCUT2D eigenvalue weighted by molar-refractivity contribution is 5.99. The fourth-order valence-corrected chi connectivity index (χ4v) is 2.46. The van der Waals surface area contributed by atoms with Gasteiger partial charge >= 0.3 is 12.4 Å². The van der Waals surface area contributed by atoms with Crippen LogP contribution in [-0.2, 0) is 12.4 Å². The van der Waals surface area contributed by atoms with Gasteiger partial charge in [-0.2, -0.15) is 26.3 Å². The van der Waals surface area contributed by atoms with Gasteiger partial charge < -0.3 is 16.2 Å². The van der Waals surface area contributed by atoms with Crippen LogP contribution in [0.4, 0.5) is 30.7 Å². The molecule has 0 aromatic heterocycles. The number of para-hydroxylation sites is 1. The summed E-state index contributed by atoms with van der Waals surface area (Å²) in [6, 6.07) is 3.42. The Morgan fingerprint density at radius 2 is 1.52 bits per heavy atom. The standard InChI is InChI=1S/C17H13F7N2O/c18-12-3-1-2-11(15(12)27)14(26)7-13(25)8-4-9(16(19,20)21)6-10(5-8)17(22,23)24/h1-6,14,25,27H,7,26H2/p+1. The van der Waals surface area contributed by atoms with E-state index in [0.717, 1.165) is 6.07 Å². The minimum absolute atomic E-state index is 0.0113. The largest absolute Gasteiger partial charge is 0.504 e. The number of quaternary nitrogens is 1. The van der Waals surface area contributed by atoms with E-state index in [0.29, 0.717) is 12.1 Å². The van der Waals surface area contributed by atoms with Crippen molar-refractivity contribution in [2.45, 2.75) is 24.8 Å². The SMILES string of the molecule is N=C(CC([NH3+])c1cccc(F)c1O)c1cc(C(F)(F)F)cc(C(F)(F)F)c1. The molecule has 10 heteroatoms. The molecule has 0 radical (unpaired) electrons. The zero-order valence-corrected chi connectivity index (χ0v) is 13.5. The van der Waals surface area contributed by atoms with Crippen molar-refractivity contribution < 1.29 is 41.6 Å². The molecule has 27 heavy (non-hydrogen) atoms. The molecule has 3 nitrogen and oxygen atoms in total. The van der Waals surface area contributed by atoms with E-state index in [2.05, 4.69) is 5.73 Å². The van der Waals surface area contributed by atoms with Gasteiger partial charge in [0.2, 0.25) is 0 Å². The molecular weight excluding hydrogens is 381 g/mol. The van der Waals surface area contributed by atoms with Gasteiger partial charge in [-0.25, -0.2) is 4.39 Å². The average molecular weight is 395 g/mol. The van der Waals surface area contributed by atoms with E-state index in [1.165, 1.54) is 12.1 Å². The van der Waals surface area contributed by atoms with Gasteiger partial charge in [-0.1, -0.05) is 6.07 Å². The molecule has 0 aliphatic heterocycles. The first kappa shape index (κ1) is 20.7. The summed E-state index contributed by atoms with van der Waals surface area (Å²) >= 11 is 0. The zero-order valence-electron chi connectivity index (χ0n) is 13.5. The Morgan fingerprint density at radius 3 is 2.00 bits per heavy atom. The monoisotopic (exact) mass is 395 g/mol. The molecule has 0 fully saturated rings. The highest BCUT2D eigenvalue weighted by Gasteiger charge is 2.37. The third-order valence-electron chi connectivity index (χ3n) is 3.84. The second-order valence-corrected chi connectivity index (χ2v) is 5.85. The van der Waals surface area contributed by atoms with Crippen LogP contribution in [-0.4, -0.2) is 10.8 Å². The number of hydrogen-bond donors (Lipinski definition) is 3. The van der Waals surface area contributed by atoms with Crippen LogP contribution in [0.2, 0.25) is 0 Å². The number of aromatic hydroxyl groups is 1. The highest BCUT2D eigenvalue weighted by atomic mass is 19.4. The number of rotatable bonds is 4. The molecule has 146 valence electrons. The van der Waals surface area contributed by atoms with Crippen LogP contribution in [0.1, 0.15) is 34.7 Å². The van der Waals surface area contributed by atoms with Crippen molar-refractivity contribution in [2.24, 2.45) is 0 Å². The third kappa shape index (κ3) is 4.76. The topological polar surface area (TPSA) is 71.7 Å². The molecule has 0 amide bonds. The van der Waals surface area contributed by atoms with E-state index in [4.69, 9.17) is 5.41 Å². The van der Waals surface area contributed by atoms with Gasteiger partial charge in [-0.3, -0.25) is 0 Å². The summed E-state index contributed by atoms with van der Waals surface area (Å²) in [5.74, 6) is -1.68. The highest BCUT2D eigenvalue weighted by Crippen LogP contribution is 2.37. The van der Waals surface area contributed by atoms with Crippen molar-refractivity contribution in [1.82, 2.24) is 0 Å². The Hall–Kier alpha value is -2.62. The predicted molar refractivity (Wildman–Crippen MR) is 81.6 cm³/mol. The first-order chi connectivity index (χ1) is 12.3. The summed E-state index contributed by atoms with van der Waals surface area (Å²) in [5.41, 5.74) is -0.619. The van der Waals surface area contributed by atoms with Crippen LogP contribution in [0.15, 0.2) is 36.4 Å². The second kappa shape index (κ2) is 7.18. The molecule has 0 saturated carbocycles. The van der Waals surface area contributed by atoms with E-state index in [-0.39, 0.29) is 11.6 Å². The van der Waals surface area contributed by atoms with Crippen LogP contribution < -0.4 is 5.73 Å². The van der Waals surface area contributed by atoms with Crippen molar-refractivity contribution >= 4 is 5.71 Å². The number of alkyl halides is 6. The van der Waals surface area contributed by atoms with Gasteiger partial charge in [0.25, 0.3) is 0 Å². The summed E-state index contributed by atoms with van der Waals surface area (Å²) in [6.45, 7) is 0. The quantitative estimate of drug-likeness (QED) is 0.524. The maximum atomic E-state index is 13.4. The number of hydrogen-bond acceptors (Lipinski definition) is 2. The Balaban J connectivity index is 2.39. The Bertz CT molecular complexity index is 827. The van der Waals surface area contributed by atoms with E-state index in [1.807, 2.05) is 0 Å². The predicted octanol–water partition coefficient (Wildman–Crippen LogP) is 4.31. The molecule has 0 heterocycles. The summed E-state index contributed by atoms with van der Waals surface area (Å²) in [7, 11) is 0. The van der Waals surface area contributed by atoms with Gasteiger partial charge in [0.15, 0.2) is 11.6 Å². The maximum Gasteiger partial charge on any atom is 0.416 e. The molecular formula is C17H14F7N2O+. The van der Waals surface area contributed by atoms with Crippen molar-refractivity contribution in [2.75, 3.05) is 0 Å². The first-order valence-electron chi connectivity index (χ1n) is 7.48. The van der Waals surface area contributed by atoms with E-state index < -0.39 is 58.8 Å². The van der Waals surface area contributed by atoms with Gasteiger partial charge in [-0.15, -0.1) is 0 Å². The fraction of sp³-hybridized carbons (Fsp3) is 0.235. The van der Waals surface area contributed by atoms with Crippen molar-refractivity contribution in [3.8, 4) is 5.75 Å². The summed E-state index contributed by atoms with van der Waals surface area (Å²) in [5, 5.41) is 17.6. The summed E-state index contributed by atoms with van der Waals surface area (Å²) < 4.78 is 90.8. The average Bonchev–Trinajstić information content (AvgIpc) is 2.55. The molecule has 0 aliphatic carbocycles. The molecule has 2 aromatic rings. The fourth-order valence-electron chi connectivity index (χ4n) is 2.46. The van der Waals surface area contributed by atoms with Crippen molar-refractivity contribution in [3.05, 3.63) is 64.5 Å². The lowest BCUT2D eigenvalue weighted by Gasteiger charge is -2.16. The van der Waals surface area contributed by atoms with Crippen molar-refractivity contribution in [1.29, 1.82) is 5.41 Å². The molecule has 0 saturated heterocycles. The lowest BCUT2D eigenvalue weighted by atomic mass is 9.95. The van der Waals surface area contributed by atoms with Crippen LogP contribution in [0, 0.1) is 11.2 Å². The van der Waals surface area contributed by atoms with Gasteiger partial charge in [0.05, 0.1) is 16.7 Å². The summed E-state index contributed by atoms with van der Waals surface area (Å²) in [4.78, 5) is 0. The third-order valence-corrected chi connectivity index (χ3v) is 3.84. The Morgan fingerprint density at radius 1 is 1.00 bits per heavy atom. The van der Waals surface area contributed by atoms with Gasteiger partial charge in [0.1, 0.15) is 6.04 Å². The molecule has 2 aromatic carbocycles. The minimum atomic E-state index is -5.03. The van der Waals surface area contributed by atoms with Gasteiger partial charge in [-0.05, 0) is 35.9 Å². The molecule has 5 N–H and O–H groups in total. The Labute approximate surface area is 148 Å². The first-order valence-corrected chi connectivity index (χ1v) is 7.48. The molecule has 2 rings (SSSR count). The minimum Gasteiger partial charge on any atom is -0.504 e. The lowest BCUT2D eigenvalue weighted by molar-refractivity contribution is -0.424. The molecule has 1 atom stereocenters. The van der Waals surface area contributed by atoms with Crippen LogP contribution in [0.3, 0.4) is 0 Å².